The zero-order valence-corrected chi connectivity index (χ0v) is 22.0. The SMILES string of the molecule is CCOc1ccc(-n2cccc2[C@@H]2[C@@H](c3ccccn3)NC(=S)N2c2ccc(NC(=O)COC)cc2)cc1. The van der Waals surface area contributed by atoms with Crippen LogP contribution in [-0.2, 0) is 9.53 Å². The molecule has 0 aliphatic carbocycles. The average molecular weight is 528 g/mol. The number of nitrogens with zero attached hydrogens (tertiary/aromatic N) is 3. The van der Waals surface area contributed by atoms with Crippen molar-refractivity contribution in [1.82, 2.24) is 14.9 Å². The Labute approximate surface area is 227 Å². The maximum atomic E-state index is 11.9. The van der Waals surface area contributed by atoms with E-state index in [0.29, 0.717) is 17.4 Å². The van der Waals surface area contributed by atoms with E-state index in [1.807, 2.05) is 79.7 Å². The van der Waals surface area contributed by atoms with Crippen LogP contribution in [0.25, 0.3) is 5.69 Å². The largest absolute Gasteiger partial charge is 0.494 e. The Morgan fingerprint density at radius 2 is 1.79 bits per heavy atom. The van der Waals surface area contributed by atoms with E-state index in [-0.39, 0.29) is 24.6 Å². The lowest BCUT2D eigenvalue weighted by atomic mass is 10.0. The second kappa shape index (κ2) is 11.5. The summed E-state index contributed by atoms with van der Waals surface area (Å²) in [5.74, 6) is 0.624. The molecule has 38 heavy (non-hydrogen) atoms. The van der Waals surface area contributed by atoms with E-state index in [9.17, 15) is 4.79 Å². The van der Waals surface area contributed by atoms with Gasteiger partial charge >= 0.3 is 0 Å². The van der Waals surface area contributed by atoms with E-state index in [0.717, 1.165) is 28.5 Å². The number of nitrogens with one attached hydrogen (secondary N) is 2. The number of thiocarbonyl (C=S) groups is 1. The van der Waals surface area contributed by atoms with Crippen LogP contribution in [-0.4, -0.2) is 40.9 Å². The van der Waals surface area contributed by atoms with E-state index in [4.69, 9.17) is 21.7 Å². The molecule has 1 fully saturated rings. The van der Waals surface area contributed by atoms with Gasteiger partial charge in [0.2, 0.25) is 5.91 Å². The van der Waals surface area contributed by atoms with Gasteiger partial charge in [0.25, 0.3) is 0 Å². The lowest BCUT2D eigenvalue weighted by Crippen LogP contribution is -2.30. The molecule has 0 unspecified atom stereocenters. The van der Waals surface area contributed by atoms with Crippen molar-refractivity contribution >= 4 is 34.6 Å². The smallest absolute Gasteiger partial charge is 0.250 e. The molecule has 0 radical (unpaired) electrons. The van der Waals surface area contributed by atoms with E-state index < -0.39 is 0 Å². The average Bonchev–Trinajstić information content (AvgIpc) is 3.55. The minimum atomic E-state index is -0.208. The minimum Gasteiger partial charge on any atom is -0.494 e. The number of pyridine rings is 1. The molecule has 194 valence electrons. The van der Waals surface area contributed by atoms with E-state index >= 15 is 0 Å². The lowest BCUT2D eigenvalue weighted by Gasteiger charge is -2.29. The van der Waals surface area contributed by atoms with Gasteiger partial charge in [-0.1, -0.05) is 6.07 Å². The van der Waals surface area contributed by atoms with Crippen LogP contribution in [0.3, 0.4) is 0 Å². The zero-order valence-electron chi connectivity index (χ0n) is 21.2. The van der Waals surface area contributed by atoms with Crippen molar-refractivity contribution in [3.8, 4) is 11.4 Å². The highest BCUT2D eigenvalue weighted by atomic mass is 32.1. The predicted octanol–water partition coefficient (Wildman–Crippen LogP) is 5.03. The van der Waals surface area contributed by atoms with Crippen LogP contribution in [0.5, 0.6) is 5.75 Å². The Kier molecular flexibility index (Phi) is 7.67. The van der Waals surface area contributed by atoms with E-state index in [1.165, 1.54) is 7.11 Å². The summed E-state index contributed by atoms with van der Waals surface area (Å²) < 4.78 is 12.7. The molecule has 1 saturated heterocycles. The molecule has 9 heteroatoms. The van der Waals surface area contributed by atoms with Gasteiger partial charge < -0.3 is 29.6 Å². The Balaban J connectivity index is 1.53. The molecule has 0 bridgehead atoms. The first kappa shape index (κ1) is 25.4. The van der Waals surface area contributed by atoms with Crippen molar-refractivity contribution < 1.29 is 14.3 Å². The lowest BCUT2D eigenvalue weighted by molar-refractivity contribution is -0.119. The van der Waals surface area contributed by atoms with Gasteiger partial charge in [-0.2, -0.15) is 0 Å². The number of hydrogen-bond donors (Lipinski definition) is 2. The van der Waals surface area contributed by atoms with Gasteiger partial charge in [0.05, 0.1) is 18.3 Å². The molecule has 0 saturated carbocycles. The molecule has 0 spiro atoms. The van der Waals surface area contributed by atoms with Crippen LogP contribution >= 0.6 is 12.2 Å². The van der Waals surface area contributed by atoms with Gasteiger partial charge in [0, 0.05) is 42.3 Å². The topological polar surface area (TPSA) is 80.7 Å². The van der Waals surface area contributed by atoms with Crippen LogP contribution in [0.15, 0.2) is 91.3 Å². The molecule has 2 aromatic carbocycles. The van der Waals surface area contributed by atoms with Crippen molar-refractivity contribution in [1.29, 1.82) is 0 Å². The Morgan fingerprint density at radius 3 is 2.47 bits per heavy atom. The maximum Gasteiger partial charge on any atom is 0.250 e. The van der Waals surface area contributed by atoms with E-state index in [1.54, 1.807) is 6.20 Å². The van der Waals surface area contributed by atoms with Gasteiger partial charge in [0.15, 0.2) is 5.11 Å². The summed E-state index contributed by atoms with van der Waals surface area (Å²) in [5, 5.41) is 6.93. The molecule has 2 aromatic heterocycles. The summed E-state index contributed by atoms with van der Waals surface area (Å²) >= 11 is 5.87. The number of aromatic nitrogens is 2. The van der Waals surface area contributed by atoms with E-state index in [2.05, 4.69) is 37.3 Å². The third-order valence-electron chi connectivity index (χ3n) is 6.31. The van der Waals surface area contributed by atoms with Crippen molar-refractivity contribution in [3.05, 3.63) is 103 Å². The number of anilines is 2. The molecule has 1 aliphatic heterocycles. The van der Waals surface area contributed by atoms with Crippen molar-refractivity contribution in [3.63, 3.8) is 0 Å². The van der Waals surface area contributed by atoms with Crippen molar-refractivity contribution in [2.45, 2.75) is 19.0 Å². The summed E-state index contributed by atoms with van der Waals surface area (Å²) in [4.78, 5) is 18.7. The molecule has 2 N–H and O–H groups in total. The fourth-order valence-electron chi connectivity index (χ4n) is 4.71. The standard InChI is InChI=1S/C29H29N5O3S/c1-3-37-23-15-13-21(14-16-23)33-18-6-8-25(33)28-27(24-7-4-5-17-30-24)32-29(38)34(28)22-11-9-20(10-12-22)31-26(35)19-36-2/h4-18,27-28H,3,19H2,1-2H3,(H,31,35)(H,32,38)/t27-,28-/m1/s1. The summed E-state index contributed by atoms with van der Waals surface area (Å²) in [6, 6.07) is 25.4. The van der Waals surface area contributed by atoms with Gasteiger partial charge in [-0.3, -0.25) is 9.78 Å². The van der Waals surface area contributed by atoms with Crippen molar-refractivity contribution in [2.75, 3.05) is 30.5 Å². The van der Waals surface area contributed by atoms with Crippen LogP contribution in [0, 0.1) is 0 Å². The Bertz CT molecular complexity index is 1390. The summed E-state index contributed by atoms with van der Waals surface area (Å²) in [6.45, 7) is 2.59. The number of amides is 1. The number of methoxy groups -OCH3 is 1. The minimum absolute atomic E-state index is 0.00174. The second-order valence-electron chi connectivity index (χ2n) is 8.75. The first-order chi connectivity index (χ1) is 18.6. The monoisotopic (exact) mass is 527 g/mol. The first-order valence-corrected chi connectivity index (χ1v) is 12.8. The Morgan fingerprint density at radius 1 is 1.03 bits per heavy atom. The number of hydrogen-bond acceptors (Lipinski definition) is 5. The first-order valence-electron chi connectivity index (χ1n) is 12.4. The van der Waals surface area contributed by atoms with Gasteiger partial charge in [-0.15, -0.1) is 0 Å². The molecular formula is C29H29N5O3S. The predicted molar refractivity (Wildman–Crippen MR) is 152 cm³/mol. The second-order valence-corrected chi connectivity index (χ2v) is 9.14. The number of ether oxygens (including phenoxy) is 2. The summed E-state index contributed by atoms with van der Waals surface area (Å²) in [5.41, 5.74) is 4.54. The maximum absolute atomic E-state index is 11.9. The van der Waals surface area contributed by atoms with Crippen LogP contribution in [0.2, 0.25) is 0 Å². The Hall–Kier alpha value is -4.21. The van der Waals surface area contributed by atoms with Gasteiger partial charge in [-0.05, 0) is 91.9 Å². The quantitative estimate of drug-likeness (QED) is 0.296. The zero-order chi connectivity index (χ0) is 26.5. The number of benzene rings is 2. The fourth-order valence-corrected chi connectivity index (χ4v) is 5.05. The van der Waals surface area contributed by atoms with Gasteiger partial charge in [-0.25, -0.2) is 0 Å². The molecule has 5 rings (SSSR count). The summed E-state index contributed by atoms with van der Waals surface area (Å²) in [7, 11) is 1.49. The van der Waals surface area contributed by atoms with Gasteiger partial charge in [0.1, 0.15) is 18.4 Å². The highest BCUT2D eigenvalue weighted by Crippen LogP contribution is 2.42. The molecule has 8 nitrogen and oxygen atoms in total. The molecule has 1 amide bonds. The third kappa shape index (κ3) is 5.25. The van der Waals surface area contributed by atoms with Crippen molar-refractivity contribution in [2.24, 2.45) is 0 Å². The number of carbonyl (C=O) groups excluding carboxylic acids is 1. The van der Waals surface area contributed by atoms with Crippen LogP contribution < -0.4 is 20.3 Å². The number of rotatable bonds is 9. The molecule has 4 aromatic rings. The van der Waals surface area contributed by atoms with Crippen LogP contribution in [0.4, 0.5) is 11.4 Å². The number of carbonyl (C=O) groups is 1. The summed E-state index contributed by atoms with van der Waals surface area (Å²) in [6.07, 6.45) is 3.84. The molecule has 2 atom stereocenters. The highest BCUT2D eigenvalue weighted by molar-refractivity contribution is 7.80. The molecule has 3 heterocycles. The van der Waals surface area contributed by atoms with Crippen LogP contribution in [0.1, 0.15) is 30.4 Å². The molecule has 1 aliphatic rings. The highest BCUT2D eigenvalue weighted by Gasteiger charge is 2.42. The molecular weight excluding hydrogens is 498 g/mol. The fraction of sp³-hybridized carbons (Fsp3) is 0.207. The normalized spacial score (nSPS) is 16.8. The third-order valence-corrected chi connectivity index (χ3v) is 6.63.